The molecule has 0 saturated carbocycles. The van der Waals surface area contributed by atoms with E-state index in [0.717, 1.165) is 11.8 Å². The van der Waals surface area contributed by atoms with Gasteiger partial charge in [-0.15, -0.1) is 0 Å². The summed E-state index contributed by atoms with van der Waals surface area (Å²) in [7, 11) is 4.41. The Morgan fingerprint density at radius 1 is 1.24 bits per heavy atom. The number of nitrogens with one attached hydrogen (secondary N) is 3. The molecule has 13 heteroatoms. The zero-order valence-corrected chi connectivity index (χ0v) is 25.0. The molecule has 1 atom stereocenters. The van der Waals surface area contributed by atoms with E-state index >= 15 is 0 Å². The minimum atomic E-state index is -1.05. The van der Waals surface area contributed by atoms with Crippen LogP contribution < -0.4 is 16.2 Å². The number of pyridine rings is 2. The van der Waals surface area contributed by atoms with Gasteiger partial charge in [0.2, 0.25) is 11.8 Å². The third kappa shape index (κ3) is 7.80. The Hall–Kier alpha value is -4.55. The molecule has 42 heavy (non-hydrogen) atoms. The van der Waals surface area contributed by atoms with Gasteiger partial charge >= 0.3 is 6.09 Å². The fraction of sp³-hybridized carbons (Fsp3) is 0.448. The number of alkyl carbamates (subject to hydrolysis) is 1. The molecule has 0 fully saturated rings. The van der Waals surface area contributed by atoms with Crippen LogP contribution in [0.4, 0.5) is 14.9 Å². The average Bonchev–Trinajstić information content (AvgIpc) is 3.37. The monoisotopic (exact) mass is 583 g/mol. The first-order valence-electron chi connectivity index (χ1n) is 13.6. The third-order valence-corrected chi connectivity index (χ3v) is 6.70. The standard InChI is InChI=1S/C29H38FN7O5/c1-16(2)12-21-26-25(19(30)14-31-21)34-23(35-26)15-37-18(4)17(3)13-22(28(37)40)32-27(39)20(33-29(41)42-7)10-8-9-11-24(38)36(5)6/h9,11,13-14,16,20H,8,10,12,15H2,1-7H3,(H,32,39)(H,33,41)(H,34,35). The number of hydrogen-bond donors (Lipinski definition) is 3. The van der Waals surface area contributed by atoms with E-state index in [1.165, 1.54) is 22.7 Å². The molecule has 3 N–H and O–H groups in total. The second-order valence-corrected chi connectivity index (χ2v) is 10.7. The zero-order chi connectivity index (χ0) is 31.1. The molecule has 3 aromatic heterocycles. The van der Waals surface area contributed by atoms with Gasteiger partial charge in [0.1, 0.15) is 23.1 Å². The summed E-state index contributed by atoms with van der Waals surface area (Å²) in [6.45, 7) is 7.63. The summed E-state index contributed by atoms with van der Waals surface area (Å²) in [5.41, 5.74) is 2.19. The molecule has 3 rings (SSSR count). The molecule has 3 heterocycles. The number of hydrogen-bond acceptors (Lipinski definition) is 7. The zero-order valence-electron chi connectivity index (χ0n) is 25.0. The molecule has 0 bridgehead atoms. The van der Waals surface area contributed by atoms with Crippen LogP contribution in [0.2, 0.25) is 0 Å². The Morgan fingerprint density at radius 2 is 1.95 bits per heavy atom. The van der Waals surface area contributed by atoms with Gasteiger partial charge in [0, 0.05) is 19.8 Å². The number of anilines is 1. The first kappa shape index (κ1) is 32.0. The van der Waals surface area contributed by atoms with Gasteiger partial charge in [-0.2, -0.15) is 0 Å². The van der Waals surface area contributed by atoms with Gasteiger partial charge in [0.25, 0.3) is 5.56 Å². The molecule has 0 aromatic carbocycles. The Bertz CT molecular complexity index is 1560. The molecule has 3 aromatic rings. The maximum absolute atomic E-state index is 14.5. The summed E-state index contributed by atoms with van der Waals surface area (Å²) in [6.07, 6.45) is 4.38. The minimum absolute atomic E-state index is 0.000999. The molecule has 226 valence electrons. The highest BCUT2D eigenvalue weighted by Crippen LogP contribution is 2.21. The van der Waals surface area contributed by atoms with Crippen molar-refractivity contribution in [3.63, 3.8) is 0 Å². The smallest absolute Gasteiger partial charge is 0.407 e. The molecule has 0 saturated heterocycles. The van der Waals surface area contributed by atoms with Gasteiger partial charge in [0.15, 0.2) is 5.82 Å². The van der Waals surface area contributed by atoms with E-state index < -0.39 is 29.4 Å². The minimum Gasteiger partial charge on any atom is -0.453 e. The number of carbonyl (C=O) groups is 3. The molecule has 3 amide bonds. The van der Waals surface area contributed by atoms with E-state index in [1.807, 2.05) is 13.8 Å². The summed E-state index contributed by atoms with van der Waals surface area (Å²) < 4.78 is 20.6. The third-order valence-electron chi connectivity index (χ3n) is 6.70. The second kappa shape index (κ2) is 13.9. The van der Waals surface area contributed by atoms with Crippen LogP contribution in [0.3, 0.4) is 0 Å². The van der Waals surface area contributed by atoms with Gasteiger partial charge in [-0.1, -0.05) is 19.9 Å². The molecular weight excluding hydrogens is 545 g/mol. The molecule has 1 unspecified atom stereocenters. The van der Waals surface area contributed by atoms with Crippen molar-refractivity contribution < 1.29 is 23.5 Å². The number of amides is 3. The van der Waals surface area contributed by atoms with Gasteiger partial charge in [-0.05, 0) is 56.7 Å². The van der Waals surface area contributed by atoms with Crippen LogP contribution in [0, 0.1) is 25.6 Å². The number of nitrogens with zero attached hydrogens (tertiary/aromatic N) is 4. The number of likely N-dealkylation sites (N-methyl/N-ethyl adjacent to an activating group) is 1. The lowest BCUT2D eigenvalue weighted by molar-refractivity contribution is -0.123. The first-order chi connectivity index (χ1) is 19.8. The lowest BCUT2D eigenvalue weighted by atomic mass is 10.1. The molecule has 0 aliphatic heterocycles. The molecule has 0 aliphatic rings. The van der Waals surface area contributed by atoms with Gasteiger partial charge in [0.05, 0.1) is 31.1 Å². The Kier molecular flexibility index (Phi) is 10.6. The Balaban J connectivity index is 1.88. The lowest BCUT2D eigenvalue weighted by Gasteiger charge is -2.19. The number of aromatic nitrogens is 4. The number of fused-ring (bicyclic) bond motifs is 1. The normalized spacial score (nSPS) is 12.1. The summed E-state index contributed by atoms with van der Waals surface area (Å²) in [5.74, 6) is -0.757. The number of aromatic amines is 1. The van der Waals surface area contributed by atoms with E-state index in [-0.39, 0.29) is 30.1 Å². The maximum Gasteiger partial charge on any atom is 0.407 e. The number of halogens is 1. The predicted octanol–water partition coefficient (Wildman–Crippen LogP) is 3.21. The fourth-order valence-corrected chi connectivity index (χ4v) is 4.29. The fourth-order valence-electron chi connectivity index (χ4n) is 4.29. The number of allylic oxidation sites excluding steroid dienone is 1. The van der Waals surface area contributed by atoms with Crippen LogP contribution in [-0.2, 0) is 27.3 Å². The van der Waals surface area contributed by atoms with Crippen molar-refractivity contribution in [2.24, 2.45) is 5.92 Å². The van der Waals surface area contributed by atoms with Crippen molar-refractivity contribution in [2.75, 3.05) is 26.5 Å². The maximum atomic E-state index is 14.5. The van der Waals surface area contributed by atoms with Crippen LogP contribution in [0.5, 0.6) is 0 Å². The number of ether oxygens (including phenoxy) is 1. The summed E-state index contributed by atoms with van der Waals surface area (Å²) in [4.78, 5) is 63.6. The largest absolute Gasteiger partial charge is 0.453 e. The Morgan fingerprint density at radius 3 is 2.60 bits per heavy atom. The van der Waals surface area contributed by atoms with E-state index in [9.17, 15) is 23.6 Å². The lowest BCUT2D eigenvalue weighted by Crippen LogP contribution is -2.44. The average molecular weight is 584 g/mol. The van der Waals surface area contributed by atoms with Crippen LogP contribution in [0.1, 0.15) is 49.5 Å². The van der Waals surface area contributed by atoms with E-state index in [0.29, 0.717) is 41.5 Å². The van der Waals surface area contributed by atoms with Gasteiger partial charge in [-0.3, -0.25) is 19.4 Å². The van der Waals surface area contributed by atoms with Crippen LogP contribution in [0.25, 0.3) is 11.0 Å². The number of methoxy groups -OCH3 is 1. The van der Waals surface area contributed by atoms with Crippen LogP contribution >= 0.6 is 0 Å². The van der Waals surface area contributed by atoms with Gasteiger partial charge in [-0.25, -0.2) is 14.2 Å². The van der Waals surface area contributed by atoms with Crippen LogP contribution in [-0.4, -0.2) is 69.6 Å². The number of aryl methyl sites for hydroxylation is 1. The van der Waals surface area contributed by atoms with E-state index in [1.54, 1.807) is 40.1 Å². The highest BCUT2D eigenvalue weighted by molar-refractivity contribution is 5.96. The van der Waals surface area contributed by atoms with Gasteiger partial charge < -0.3 is 29.8 Å². The summed E-state index contributed by atoms with van der Waals surface area (Å²) in [6, 6.07) is 0.510. The predicted molar refractivity (Wildman–Crippen MR) is 157 cm³/mol. The highest BCUT2D eigenvalue weighted by atomic mass is 19.1. The SMILES string of the molecule is COC(=O)NC(CCC=CC(=O)N(C)C)C(=O)Nc1cc(C)c(C)n(Cc2nc3c(F)cnc(CC(C)C)c3[nH]2)c1=O. The van der Waals surface area contributed by atoms with Crippen molar-refractivity contribution in [3.8, 4) is 0 Å². The molecule has 0 spiro atoms. The number of imidazole rings is 1. The van der Waals surface area contributed by atoms with Crippen molar-refractivity contribution in [2.45, 2.75) is 59.5 Å². The van der Waals surface area contributed by atoms with Crippen molar-refractivity contribution in [1.29, 1.82) is 0 Å². The van der Waals surface area contributed by atoms with E-state index in [4.69, 9.17) is 0 Å². The van der Waals surface area contributed by atoms with Crippen LogP contribution in [0.15, 0.2) is 29.2 Å². The molecule has 0 aliphatic carbocycles. The topological polar surface area (TPSA) is 151 Å². The summed E-state index contributed by atoms with van der Waals surface area (Å²) in [5, 5.41) is 5.09. The van der Waals surface area contributed by atoms with Crippen molar-refractivity contribution in [3.05, 3.63) is 63.4 Å². The number of rotatable bonds is 11. The van der Waals surface area contributed by atoms with Crippen molar-refractivity contribution in [1.82, 2.24) is 29.7 Å². The molecule has 0 radical (unpaired) electrons. The molecular formula is C29H38FN7O5. The highest BCUT2D eigenvalue weighted by Gasteiger charge is 2.23. The Labute approximate surface area is 243 Å². The number of carbonyl (C=O) groups excluding carboxylic acids is 3. The number of H-pyrrole nitrogens is 1. The van der Waals surface area contributed by atoms with Crippen molar-refractivity contribution >= 4 is 34.6 Å². The first-order valence-corrected chi connectivity index (χ1v) is 13.6. The van der Waals surface area contributed by atoms with E-state index in [2.05, 4.69) is 30.3 Å². The molecule has 12 nitrogen and oxygen atoms in total. The summed E-state index contributed by atoms with van der Waals surface area (Å²) >= 11 is 0. The quantitative estimate of drug-likeness (QED) is 0.293. The second-order valence-electron chi connectivity index (χ2n) is 10.7.